The second-order valence-corrected chi connectivity index (χ2v) is 8.61. The molecule has 0 bridgehead atoms. The first-order valence-electron chi connectivity index (χ1n) is 9.93. The summed E-state index contributed by atoms with van der Waals surface area (Å²) >= 11 is 0. The van der Waals surface area contributed by atoms with Crippen LogP contribution in [-0.2, 0) is 4.79 Å². The second kappa shape index (κ2) is 9.23. The van der Waals surface area contributed by atoms with Gasteiger partial charge in [0.05, 0.1) is 5.56 Å². The maximum atomic E-state index is 12.8. The van der Waals surface area contributed by atoms with Gasteiger partial charge in [0, 0.05) is 18.6 Å². The number of likely N-dealkylation sites (tertiary alicyclic amines) is 1. The van der Waals surface area contributed by atoms with E-state index in [0.717, 1.165) is 13.1 Å². The fourth-order valence-electron chi connectivity index (χ4n) is 3.55. The normalized spacial score (nSPS) is 19.4. The van der Waals surface area contributed by atoms with Crippen LogP contribution in [0.4, 0.5) is 0 Å². The Bertz CT molecular complexity index is 678. The average molecular weight is 372 g/mol. The lowest BCUT2D eigenvalue weighted by molar-refractivity contribution is -0.130. The van der Waals surface area contributed by atoms with Crippen LogP contribution in [0.3, 0.4) is 0 Å². The molecule has 2 rings (SSSR count). The molecule has 148 valence electrons. The standard InChI is InChI=1S/C22H33N3O2/c1-16(2)20(27-19-11-7-6-10-18(19)13-23)21(26)24-15-22(4,5)25-12-8-9-17(3)14-25/h6-7,10-11,16-17,20H,8-9,12,14-15H2,1-5H3,(H,24,26). The van der Waals surface area contributed by atoms with Gasteiger partial charge in [0.2, 0.25) is 0 Å². The third kappa shape index (κ3) is 5.71. The van der Waals surface area contributed by atoms with Crippen molar-refractivity contribution in [3.05, 3.63) is 29.8 Å². The molecule has 0 saturated carbocycles. The van der Waals surface area contributed by atoms with E-state index in [4.69, 9.17) is 4.74 Å². The summed E-state index contributed by atoms with van der Waals surface area (Å²) in [5.41, 5.74) is 0.342. The van der Waals surface area contributed by atoms with Gasteiger partial charge in [-0.15, -0.1) is 0 Å². The van der Waals surface area contributed by atoms with Crippen LogP contribution in [0, 0.1) is 23.2 Å². The van der Waals surface area contributed by atoms with E-state index in [1.807, 2.05) is 19.9 Å². The molecule has 2 unspecified atom stereocenters. The van der Waals surface area contributed by atoms with Gasteiger partial charge in [-0.1, -0.05) is 32.9 Å². The highest BCUT2D eigenvalue weighted by molar-refractivity contribution is 5.81. The zero-order chi connectivity index (χ0) is 20.0. The van der Waals surface area contributed by atoms with E-state index in [1.54, 1.807) is 18.2 Å². The summed E-state index contributed by atoms with van der Waals surface area (Å²) in [6.07, 6.45) is 1.86. The van der Waals surface area contributed by atoms with E-state index in [-0.39, 0.29) is 17.4 Å². The van der Waals surface area contributed by atoms with Crippen molar-refractivity contribution >= 4 is 5.91 Å². The zero-order valence-corrected chi connectivity index (χ0v) is 17.3. The molecule has 27 heavy (non-hydrogen) atoms. The summed E-state index contributed by atoms with van der Waals surface area (Å²) in [6.45, 7) is 13.3. The third-order valence-corrected chi connectivity index (χ3v) is 5.33. The number of carbonyl (C=O) groups is 1. The van der Waals surface area contributed by atoms with Gasteiger partial charge in [0.25, 0.3) is 5.91 Å². The number of carbonyl (C=O) groups excluding carboxylic acids is 1. The van der Waals surface area contributed by atoms with Gasteiger partial charge in [-0.3, -0.25) is 9.69 Å². The van der Waals surface area contributed by atoms with Crippen molar-refractivity contribution in [3.63, 3.8) is 0 Å². The van der Waals surface area contributed by atoms with Gasteiger partial charge in [-0.05, 0) is 57.2 Å². The van der Waals surface area contributed by atoms with E-state index in [1.165, 1.54) is 12.8 Å². The van der Waals surface area contributed by atoms with Crippen LogP contribution in [0.2, 0.25) is 0 Å². The molecule has 1 aliphatic heterocycles. The van der Waals surface area contributed by atoms with Crippen LogP contribution in [-0.4, -0.2) is 42.1 Å². The molecule has 5 heteroatoms. The minimum Gasteiger partial charge on any atom is -0.479 e. The van der Waals surface area contributed by atoms with Crippen molar-refractivity contribution in [1.29, 1.82) is 5.26 Å². The first-order valence-corrected chi connectivity index (χ1v) is 9.93. The Labute approximate surface area is 163 Å². The fourth-order valence-corrected chi connectivity index (χ4v) is 3.55. The average Bonchev–Trinajstić information content (AvgIpc) is 2.64. The summed E-state index contributed by atoms with van der Waals surface area (Å²) < 4.78 is 5.94. The van der Waals surface area contributed by atoms with Crippen molar-refractivity contribution in [2.45, 2.75) is 59.1 Å². The maximum Gasteiger partial charge on any atom is 0.261 e. The molecule has 0 spiro atoms. The Morgan fingerprint density at radius 2 is 2.11 bits per heavy atom. The van der Waals surface area contributed by atoms with E-state index >= 15 is 0 Å². The first kappa shape index (κ1) is 21.2. The Hall–Kier alpha value is -2.06. The summed E-state index contributed by atoms with van der Waals surface area (Å²) in [5.74, 6) is 1.02. The number of hydrogen-bond acceptors (Lipinski definition) is 4. The monoisotopic (exact) mass is 371 g/mol. The Balaban J connectivity index is 2.01. The lowest BCUT2D eigenvalue weighted by atomic mass is 9.93. The topological polar surface area (TPSA) is 65.4 Å². The zero-order valence-electron chi connectivity index (χ0n) is 17.3. The predicted molar refractivity (Wildman–Crippen MR) is 107 cm³/mol. The fraction of sp³-hybridized carbons (Fsp3) is 0.636. The van der Waals surface area contributed by atoms with Crippen molar-refractivity contribution in [3.8, 4) is 11.8 Å². The molecule has 1 heterocycles. The highest BCUT2D eigenvalue weighted by Gasteiger charge is 2.32. The summed E-state index contributed by atoms with van der Waals surface area (Å²) in [6, 6.07) is 9.16. The Morgan fingerprint density at radius 3 is 2.74 bits per heavy atom. The molecule has 1 saturated heterocycles. The molecule has 0 radical (unpaired) electrons. The van der Waals surface area contributed by atoms with E-state index in [2.05, 4.69) is 37.1 Å². The number of nitrogens with zero attached hydrogens (tertiary/aromatic N) is 2. The first-order chi connectivity index (χ1) is 12.7. The maximum absolute atomic E-state index is 12.8. The predicted octanol–water partition coefficient (Wildman–Crippen LogP) is 3.59. The summed E-state index contributed by atoms with van der Waals surface area (Å²) in [7, 11) is 0. The van der Waals surface area contributed by atoms with Crippen molar-refractivity contribution < 1.29 is 9.53 Å². The lowest BCUT2D eigenvalue weighted by Gasteiger charge is -2.43. The number of hydrogen-bond donors (Lipinski definition) is 1. The van der Waals surface area contributed by atoms with Gasteiger partial charge < -0.3 is 10.1 Å². The molecule has 2 atom stereocenters. The molecule has 1 aromatic rings. The summed E-state index contributed by atoms with van der Waals surface area (Å²) in [5, 5.41) is 12.3. The van der Waals surface area contributed by atoms with Crippen LogP contribution in [0.5, 0.6) is 5.75 Å². The minimum absolute atomic E-state index is 0.00475. The van der Waals surface area contributed by atoms with Crippen LogP contribution >= 0.6 is 0 Å². The summed E-state index contributed by atoms with van der Waals surface area (Å²) in [4.78, 5) is 15.3. The molecule has 1 fully saturated rings. The number of nitrogens with one attached hydrogen (secondary N) is 1. The number of rotatable bonds is 7. The molecule has 0 aromatic heterocycles. The van der Waals surface area contributed by atoms with Crippen molar-refractivity contribution in [1.82, 2.24) is 10.2 Å². The van der Waals surface area contributed by atoms with E-state index in [9.17, 15) is 10.1 Å². The Morgan fingerprint density at radius 1 is 1.41 bits per heavy atom. The number of nitriles is 1. The van der Waals surface area contributed by atoms with Gasteiger partial charge in [0.15, 0.2) is 6.10 Å². The Kier molecular flexibility index (Phi) is 7.26. The molecule has 5 nitrogen and oxygen atoms in total. The van der Waals surface area contributed by atoms with Gasteiger partial charge >= 0.3 is 0 Å². The largest absolute Gasteiger partial charge is 0.479 e. The number of benzene rings is 1. The molecular formula is C22H33N3O2. The number of ether oxygens (including phenoxy) is 1. The molecule has 1 N–H and O–H groups in total. The smallest absolute Gasteiger partial charge is 0.261 e. The minimum atomic E-state index is -0.629. The van der Waals surface area contributed by atoms with Crippen molar-refractivity contribution in [2.75, 3.05) is 19.6 Å². The van der Waals surface area contributed by atoms with Crippen LogP contribution < -0.4 is 10.1 Å². The quantitative estimate of drug-likeness (QED) is 0.795. The van der Waals surface area contributed by atoms with Crippen LogP contribution in [0.25, 0.3) is 0 Å². The second-order valence-electron chi connectivity index (χ2n) is 8.61. The highest BCUT2D eigenvalue weighted by Crippen LogP contribution is 2.24. The van der Waals surface area contributed by atoms with Crippen molar-refractivity contribution in [2.24, 2.45) is 11.8 Å². The highest BCUT2D eigenvalue weighted by atomic mass is 16.5. The third-order valence-electron chi connectivity index (χ3n) is 5.33. The van der Waals surface area contributed by atoms with Gasteiger partial charge in [0.1, 0.15) is 11.8 Å². The number of amides is 1. The lowest BCUT2D eigenvalue weighted by Crippen LogP contribution is -2.56. The molecule has 1 aromatic carbocycles. The van der Waals surface area contributed by atoms with Crippen LogP contribution in [0.1, 0.15) is 53.0 Å². The van der Waals surface area contributed by atoms with Crippen LogP contribution in [0.15, 0.2) is 24.3 Å². The molecule has 1 amide bonds. The SMILES string of the molecule is CC1CCCN(C(C)(C)CNC(=O)C(Oc2ccccc2C#N)C(C)C)C1. The van der Waals surface area contributed by atoms with E-state index < -0.39 is 6.10 Å². The molecule has 1 aliphatic rings. The molecule has 0 aliphatic carbocycles. The van der Waals surface area contributed by atoms with E-state index in [0.29, 0.717) is 23.8 Å². The number of para-hydroxylation sites is 1. The number of piperidine rings is 1. The molecular weight excluding hydrogens is 338 g/mol. The van der Waals surface area contributed by atoms with Gasteiger partial charge in [-0.2, -0.15) is 5.26 Å². The van der Waals surface area contributed by atoms with Gasteiger partial charge in [-0.25, -0.2) is 0 Å².